The Morgan fingerprint density at radius 3 is 2.38 bits per heavy atom. The molecule has 0 aromatic heterocycles. The Morgan fingerprint density at radius 1 is 1.19 bits per heavy atom. The Morgan fingerprint density at radius 2 is 1.81 bits per heavy atom. The lowest BCUT2D eigenvalue weighted by atomic mass is 10.00. The van der Waals surface area contributed by atoms with Crippen molar-refractivity contribution in [1.82, 2.24) is 0 Å². The fourth-order valence-corrected chi connectivity index (χ4v) is 1.87. The van der Waals surface area contributed by atoms with Gasteiger partial charge in [-0.3, -0.25) is 14.4 Å². The van der Waals surface area contributed by atoms with Crippen LogP contribution < -0.4 is 4.74 Å². The van der Waals surface area contributed by atoms with Crippen molar-refractivity contribution in [1.29, 1.82) is 0 Å². The fraction of sp³-hybridized carbons (Fsp3) is 0.250. The van der Waals surface area contributed by atoms with E-state index in [1.54, 1.807) is 6.07 Å². The summed E-state index contributed by atoms with van der Waals surface area (Å²) in [7, 11) is 1.48. The first-order valence-electron chi connectivity index (χ1n) is 4.83. The smallest absolute Gasteiger partial charge is 0.182 e. The predicted octanol–water partition coefficient (Wildman–Crippen LogP) is 1.28. The van der Waals surface area contributed by atoms with Crippen molar-refractivity contribution in [2.75, 3.05) is 7.11 Å². The van der Waals surface area contributed by atoms with E-state index in [1.807, 2.05) is 0 Å². The quantitative estimate of drug-likeness (QED) is 0.701. The van der Waals surface area contributed by atoms with E-state index in [4.69, 9.17) is 4.74 Å². The van der Waals surface area contributed by atoms with Gasteiger partial charge in [0.1, 0.15) is 17.5 Å². The molecule has 0 saturated carbocycles. The Balaban J connectivity index is 2.55. The summed E-state index contributed by atoms with van der Waals surface area (Å²) in [6.45, 7) is 1.25. The maximum Gasteiger partial charge on any atom is 0.182 e. The van der Waals surface area contributed by atoms with E-state index in [2.05, 4.69) is 0 Å². The van der Waals surface area contributed by atoms with Crippen LogP contribution >= 0.6 is 0 Å². The summed E-state index contributed by atoms with van der Waals surface area (Å²) >= 11 is 0. The molecule has 4 heteroatoms. The molecule has 82 valence electrons. The van der Waals surface area contributed by atoms with Crippen LogP contribution in [-0.2, 0) is 4.79 Å². The minimum Gasteiger partial charge on any atom is -0.497 e. The molecule has 0 spiro atoms. The highest BCUT2D eigenvalue weighted by atomic mass is 16.5. The van der Waals surface area contributed by atoms with E-state index < -0.39 is 23.3 Å². The monoisotopic (exact) mass is 218 g/mol. The molecular formula is C12H10O4. The van der Waals surface area contributed by atoms with Crippen LogP contribution in [0.4, 0.5) is 0 Å². The van der Waals surface area contributed by atoms with E-state index in [1.165, 1.54) is 26.2 Å². The molecule has 2 rings (SSSR count). The van der Waals surface area contributed by atoms with Gasteiger partial charge in [-0.15, -0.1) is 0 Å². The number of ether oxygens (including phenoxy) is 1. The molecule has 16 heavy (non-hydrogen) atoms. The van der Waals surface area contributed by atoms with E-state index >= 15 is 0 Å². The average molecular weight is 218 g/mol. The number of carbonyl (C=O) groups is 3. The van der Waals surface area contributed by atoms with Crippen molar-refractivity contribution in [2.45, 2.75) is 6.92 Å². The Hall–Kier alpha value is -1.97. The van der Waals surface area contributed by atoms with Crippen molar-refractivity contribution < 1.29 is 19.1 Å². The molecule has 0 fully saturated rings. The van der Waals surface area contributed by atoms with Crippen molar-refractivity contribution in [2.24, 2.45) is 5.92 Å². The fourth-order valence-electron chi connectivity index (χ4n) is 1.87. The number of methoxy groups -OCH3 is 1. The van der Waals surface area contributed by atoms with E-state index in [-0.39, 0.29) is 5.56 Å². The van der Waals surface area contributed by atoms with Gasteiger partial charge in [-0.2, -0.15) is 0 Å². The summed E-state index contributed by atoms with van der Waals surface area (Å²) in [5, 5.41) is 0. The highest BCUT2D eigenvalue weighted by Gasteiger charge is 2.41. The van der Waals surface area contributed by atoms with Crippen LogP contribution in [0.2, 0.25) is 0 Å². The van der Waals surface area contributed by atoms with Crippen LogP contribution in [0.3, 0.4) is 0 Å². The van der Waals surface area contributed by atoms with Gasteiger partial charge in [-0.1, -0.05) is 0 Å². The van der Waals surface area contributed by atoms with Crippen molar-refractivity contribution >= 4 is 17.3 Å². The van der Waals surface area contributed by atoms with E-state index in [0.717, 1.165) is 0 Å². The number of benzene rings is 1. The molecule has 0 radical (unpaired) electrons. The number of carbonyl (C=O) groups excluding carboxylic acids is 3. The summed E-state index contributed by atoms with van der Waals surface area (Å²) in [6.07, 6.45) is 0. The minimum absolute atomic E-state index is 0.282. The van der Waals surface area contributed by atoms with Crippen LogP contribution in [0.1, 0.15) is 27.6 Å². The molecule has 0 saturated heterocycles. The lowest BCUT2D eigenvalue weighted by Gasteiger charge is -2.00. The first kappa shape index (κ1) is 10.5. The Kier molecular flexibility index (Phi) is 2.34. The van der Waals surface area contributed by atoms with Crippen LogP contribution in [0.25, 0.3) is 0 Å². The predicted molar refractivity (Wildman–Crippen MR) is 55.8 cm³/mol. The molecule has 1 aliphatic carbocycles. The molecule has 1 aromatic rings. The van der Waals surface area contributed by atoms with E-state index in [9.17, 15) is 14.4 Å². The number of Topliss-reactive ketones (excluding diaryl/α,β-unsaturated/α-hetero) is 3. The van der Waals surface area contributed by atoms with Crippen LogP contribution in [0, 0.1) is 5.92 Å². The summed E-state index contributed by atoms with van der Waals surface area (Å²) in [5.74, 6) is -1.89. The zero-order valence-electron chi connectivity index (χ0n) is 8.94. The summed E-state index contributed by atoms with van der Waals surface area (Å²) in [5.41, 5.74) is 0.593. The average Bonchev–Trinajstić information content (AvgIpc) is 2.51. The molecule has 0 heterocycles. The molecule has 1 aliphatic rings. The number of hydrogen-bond acceptors (Lipinski definition) is 4. The second kappa shape index (κ2) is 3.56. The highest BCUT2D eigenvalue weighted by Crippen LogP contribution is 2.30. The third kappa shape index (κ3) is 1.34. The van der Waals surface area contributed by atoms with Crippen molar-refractivity contribution in [3.05, 3.63) is 29.3 Å². The molecule has 1 atom stereocenters. The number of hydrogen-bond donors (Lipinski definition) is 0. The largest absolute Gasteiger partial charge is 0.497 e. The molecule has 1 unspecified atom stereocenters. The summed E-state index contributed by atoms with van der Waals surface area (Å²) in [6, 6.07) is 4.63. The second-order valence-electron chi connectivity index (χ2n) is 3.68. The Labute approximate surface area is 92.2 Å². The number of rotatable bonds is 2. The first-order valence-corrected chi connectivity index (χ1v) is 4.83. The maximum atomic E-state index is 11.8. The molecule has 0 aliphatic heterocycles. The van der Waals surface area contributed by atoms with Gasteiger partial charge in [0.05, 0.1) is 7.11 Å². The molecule has 0 amide bonds. The van der Waals surface area contributed by atoms with Crippen molar-refractivity contribution in [3.8, 4) is 5.75 Å². The van der Waals surface area contributed by atoms with Gasteiger partial charge in [0, 0.05) is 11.1 Å². The number of fused-ring (bicyclic) bond motifs is 1. The van der Waals surface area contributed by atoms with E-state index in [0.29, 0.717) is 11.3 Å². The van der Waals surface area contributed by atoms with Gasteiger partial charge in [0.2, 0.25) is 0 Å². The summed E-state index contributed by atoms with van der Waals surface area (Å²) in [4.78, 5) is 34.8. The van der Waals surface area contributed by atoms with Gasteiger partial charge >= 0.3 is 0 Å². The zero-order chi connectivity index (χ0) is 11.9. The van der Waals surface area contributed by atoms with Crippen molar-refractivity contribution in [3.63, 3.8) is 0 Å². The zero-order valence-corrected chi connectivity index (χ0v) is 8.94. The van der Waals surface area contributed by atoms with Gasteiger partial charge < -0.3 is 4.74 Å². The van der Waals surface area contributed by atoms with Crippen LogP contribution in [-0.4, -0.2) is 24.5 Å². The van der Waals surface area contributed by atoms with Gasteiger partial charge in [0.15, 0.2) is 11.6 Å². The number of ketones is 3. The van der Waals surface area contributed by atoms with Gasteiger partial charge in [-0.05, 0) is 25.1 Å². The SMILES string of the molecule is COc1ccc2c(c1)C(=O)C(C(C)=O)C2=O. The second-order valence-corrected chi connectivity index (χ2v) is 3.68. The lowest BCUT2D eigenvalue weighted by Crippen LogP contribution is -2.22. The molecular weight excluding hydrogens is 208 g/mol. The van der Waals surface area contributed by atoms with Crippen LogP contribution in [0.5, 0.6) is 5.75 Å². The molecule has 1 aromatic carbocycles. The molecule has 4 nitrogen and oxygen atoms in total. The molecule has 0 N–H and O–H groups in total. The Bertz CT molecular complexity index is 502. The lowest BCUT2D eigenvalue weighted by molar-refractivity contribution is -0.118. The van der Waals surface area contributed by atoms with Crippen LogP contribution in [0.15, 0.2) is 18.2 Å². The highest BCUT2D eigenvalue weighted by molar-refractivity contribution is 6.35. The third-order valence-electron chi connectivity index (χ3n) is 2.69. The topological polar surface area (TPSA) is 60.4 Å². The standard InChI is InChI=1S/C12H10O4/c1-6(13)10-11(14)8-4-3-7(16-2)5-9(8)12(10)15/h3-5,10H,1-2H3. The maximum absolute atomic E-state index is 11.8. The first-order chi connectivity index (χ1) is 7.56. The summed E-state index contributed by atoms with van der Waals surface area (Å²) < 4.78 is 4.97. The molecule has 0 bridgehead atoms. The third-order valence-corrected chi connectivity index (χ3v) is 2.69. The van der Waals surface area contributed by atoms with Gasteiger partial charge in [0.25, 0.3) is 0 Å². The minimum atomic E-state index is -1.15. The normalized spacial score (nSPS) is 18.5. The van der Waals surface area contributed by atoms with Gasteiger partial charge in [-0.25, -0.2) is 0 Å².